The third-order valence-corrected chi connectivity index (χ3v) is 3.20. The molecule has 0 nitrogen and oxygen atoms in total. The molecular weight excluding hydrogens is 268 g/mol. The Morgan fingerprint density at radius 2 is 1.35 bits per heavy atom. The van der Waals surface area contributed by atoms with Crippen molar-refractivity contribution < 1.29 is 17.6 Å². The predicted octanol–water partition coefficient (Wildman–Crippen LogP) is 5.25. The maximum Gasteiger partial charge on any atom is 0.170 e. The Kier molecular flexibility index (Phi) is 4.42. The fourth-order valence-electron chi connectivity index (χ4n) is 2.11. The molecule has 2 aromatic carbocycles. The molecule has 0 saturated heterocycles. The van der Waals surface area contributed by atoms with Gasteiger partial charge in [0, 0.05) is 5.56 Å². The van der Waals surface area contributed by atoms with Gasteiger partial charge in [-0.3, -0.25) is 0 Å². The summed E-state index contributed by atoms with van der Waals surface area (Å²) >= 11 is 0. The van der Waals surface area contributed by atoms with Crippen molar-refractivity contribution >= 4 is 0 Å². The lowest BCUT2D eigenvalue weighted by Crippen LogP contribution is -2.06. The second-order valence-electron chi connectivity index (χ2n) is 4.58. The van der Waals surface area contributed by atoms with E-state index in [4.69, 9.17) is 0 Å². The van der Waals surface area contributed by atoms with Crippen LogP contribution in [0.2, 0.25) is 0 Å². The Bertz CT molecular complexity index is 577. The molecule has 0 aromatic heterocycles. The molecule has 0 saturated carbocycles. The Morgan fingerprint density at radius 1 is 0.800 bits per heavy atom. The zero-order chi connectivity index (χ0) is 14.7. The second kappa shape index (κ2) is 6.07. The van der Waals surface area contributed by atoms with E-state index < -0.39 is 34.4 Å². The van der Waals surface area contributed by atoms with Crippen molar-refractivity contribution in [3.8, 4) is 11.1 Å². The van der Waals surface area contributed by atoms with E-state index in [1.807, 2.05) is 6.92 Å². The van der Waals surface area contributed by atoms with Crippen LogP contribution in [0.15, 0.2) is 30.3 Å². The summed E-state index contributed by atoms with van der Waals surface area (Å²) in [5, 5.41) is 0. The summed E-state index contributed by atoms with van der Waals surface area (Å²) in [6, 6.07) is 7.57. The zero-order valence-corrected chi connectivity index (χ0v) is 11.0. The van der Waals surface area contributed by atoms with Crippen LogP contribution in [-0.4, -0.2) is 0 Å². The van der Waals surface area contributed by atoms with E-state index in [9.17, 15) is 17.6 Å². The number of hydrogen-bond acceptors (Lipinski definition) is 0. The molecule has 0 aliphatic rings. The molecule has 0 radical (unpaired) electrons. The average molecular weight is 282 g/mol. The van der Waals surface area contributed by atoms with Crippen LogP contribution in [0.25, 0.3) is 11.1 Å². The van der Waals surface area contributed by atoms with Gasteiger partial charge >= 0.3 is 0 Å². The number of unbranched alkanes of at least 4 members (excludes halogenated alkanes) is 1. The summed E-state index contributed by atoms with van der Waals surface area (Å²) in [7, 11) is 0. The fraction of sp³-hybridized carbons (Fsp3) is 0.250. The SMILES string of the molecule is CCCCc1c(F)c(F)c(-c2ccccc2)c(F)c1F. The fourth-order valence-corrected chi connectivity index (χ4v) is 2.11. The van der Waals surface area contributed by atoms with Crippen LogP contribution in [0.5, 0.6) is 0 Å². The molecule has 0 aliphatic heterocycles. The molecule has 2 rings (SSSR count). The van der Waals surface area contributed by atoms with Gasteiger partial charge in [0.15, 0.2) is 23.3 Å². The minimum Gasteiger partial charge on any atom is -0.203 e. The van der Waals surface area contributed by atoms with Gasteiger partial charge in [-0.15, -0.1) is 0 Å². The molecular formula is C16H14F4. The molecule has 0 bridgehead atoms. The molecule has 0 fully saturated rings. The highest BCUT2D eigenvalue weighted by molar-refractivity contribution is 5.65. The number of benzene rings is 2. The Morgan fingerprint density at radius 3 is 1.85 bits per heavy atom. The standard InChI is InChI=1S/C16H14F4/c1-2-3-9-11-13(17)15(19)12(16(20)14(11)18)10-7-5-4-6-8-10/h4-8H,2-3,9H2,1H3. The molecule has 0 aliphatic carbocycles. The van der Waals surface area contributed by atoms with Crippen LogP contribution in [0.3, 0.4) is 0 Å². The van der Waals surface area contributed by atoms with E-state index in [1.54, 1.807) is 18.2 Å². The first kappa shape index (κ1) is 14.6. The summed E-state index contributed by atoms with van der Waals surface area (Å²) in [5.41, 5.74) is -1.05. The highest BCUT2D eigenvalue weighted by Crippen LogP contribution is 2.32. The van der Waals surface area contributed by atoms with Crippen LogP contribution in [0, 0.1) is 23.3 Å². The summed E-state index contributed by atoms with van der Waals surface area (Å²) in [6.07, 6.45) is 1.14. The normalized spacial score (nSPS) is 10.8. The van der Waals surface area contributed by atoms with Gasteiger partial charge < -0.3 is 0 Å². The van der Waals surface area contributed by atoms with Crippen molar-refractivity contribution in [3.63, 3.8) is 0 Å². The summed E-state index contributed by atoms with van der Waals surface area (Å²) in [5.74, 6) is -5.25. The molecule has 4 heteroatoms. The Balaban J connectivity index is 2.62. The Labute approximate surface area is 115 Å². The van der Waals surface area contributed by atoms with Crippen molar-refractivity contribution in [1.82, 2.24) is 0 Å². The highest BCUT2D eigenvalue weighted by atomic mass is 19.2. The molecule has 0 unspecified atom stereocenters. The molecule has 0 N–H and O–H groups in total. The van der Waals surface area contributed by atoms with Gasteiger partial charge in [0.05, 0.1) is 5.56 Å². The predicted molar refractivity (Wildman–Crippen MR) is 70.3 cm³/mol. The third kappa shape index (κ3) is 2.55. The first-order valence-corrected chi connectivity index (χ1v) is 6.48. The van der Waals surface area contributed by atoms with Crippen LogP contribution >= 0.6 is 0 Å². The van der Waals surface area contributed by atoms with Crippen molar-refractivity contribution in [2.24, 2.45) is 0 Å². The smallest absolute Gasteiger partial charge is 0.170 e. The molecule has 2 aromatic rings. The average Bonchev–Trinajstić information content (AvgIpc) is 2.47. The number of hydrogen-bond donors (Lipinski definition) is 0. The summed E-state index contributed by atoms with van der Waals surface area (Å²) < 4.78 is 55.9. The van der Waals surface area contributed by atoms with E-state index in [0.29, 0.717) is 12.8 Å². The molecule has 20 heavy (non-hydrogen) atoms. The second-order valence-corrected chi connectivity index (χ2v) is 4.58. The van der Waals surface area contributed by atoms with Crippen molar-refractivity contribution in [1.29, 1.82) is 0 Å². The van der Waals surface area contributed by atoms with Gasteiger partial charge in [0.2, 0.25) is 0 Å². The van der Waals surface area contributed by atoms with Crippen molar-refractivity contribution in [2.75, 3.05) is 0 Å². The monoisotopic (exact) mass is 282 g/mol. The zero-order valence-electron chi connectivity index (χ0n) is 11.0. The van der Waals surface area contributed by atoms with E-state index >= 15 is 0 Å². The van der Waals surface area contributed by atoms with Gasteiger partial charge in [-0.1, -0.05) is 43.7 Å². The quantitative estimate of drug-likeness (QED) is 0.530. The molecule has 0 atom stereocenters. The van der Waals surface area contributed by atoms with Crippen LogP contribution < -0.4 is 0 Å². The van der Waals surface area contributed by atoms with Gasteiger partial charge in [-0.25, -0.2) is 17.6 Å². The van der Waals surface area contributed by atoms with E-state index in [2.05, 4.69) is 0 Å². The third-order valence-electron chi connectivity index (χ3n) is 3.20. The van der Waals surface area contributed by atoms with E-state index in [0.717, 1.165) is 0 Å². The maximum absolute atomic E-state index is 14.0. The lowest BCUT2D eigenvalue weighted by Gasteiger charge is -2.12. The van der Waals surface area contributed by atoms with Gasteiger partial charge in [0.1, 0.15) is 0 Å². The molecule has 0 heterocycles. The first-order valence-electron chi connectivity index (χ1n) is 6.48. The highest BCUT2D eigenvalue weighted by Gasteiger charge is 2.25. The molecule has 106 valence electrons. The van der Waals surface area contributed by atoms with Crippen LogP contribution in [-0.2, 0) is 6.42 Å². The number of rotatable bonds is 4. The summed E-state index contributed by atoms with van der Waals surface area (Å²) in [6.45, 7) is 1.83. The van der Waals surface area contributed by atoms with Crippen molar-refractivity contribution in [3.05, 3.63) is 59.2 Å². The van der Waals surface area contributed by atoms with Gasteiger partial charge in [-0.2, -0.15) is 0 Å². The minimum atomic E-state index is -1.33. The number of halogens is 4. The molecule has 0 amide bonds. The lowest BCUT2D eigenvalue weighted by atomic mass is 9.98. The van der Waals surface area contributed by atoms with Crippen LogP contribution in [0.4, 0.5) is 17.6 Å². The van der Waals surface area contributed by atoms with Gasteiger partial charge in [-0.05, 0) is 18.4 Å². The van der Waals surface area contributed by atoms with Gasteiger partial charge in [0.25, 0.3) is 0 Å². The van der Waals surface area contributed by atoms with E-state index in [-0.39, 0.29) is 12.0 Å². The maximum atomic E-state index is 14.0. The largest absolute Gasteiger partial charge is 0.203 e. The topological polar surface area (TPSA) is 0 Å². The Hall–Kier alpha value is -1.84. The minimum absolute atomic E-state index is 0.0168. The summed E-state index contributed by atoms with van der Waals surface area (Å²) in [4.78, 5) is 0. The molecule has 0 spiro atoms. The van der Waals surface area contributed by atoms with Crippen molar-refractivity contribution in [2.45, 2.75) is 26.2 Å². The van der Waals surface area contributed by atoms with Crippen LogP contribution in [0.1, 0.15) is 25.3 Å². The lowest BCUT2D eigenvalue weighted by molar-refractivity contribution is 0.441. The first-order chi connectivity index (χ1) is 9.57. The van der Waals surface area contributed by atoms with E-state index in [1.165, 1.54) is 12.1 Å².